The van der Waals surface area contributed by atoms with Crippen LogP contribution in [0.5, 0.6) is 5.75 Å². The van der Waals surface area contributed by atoms with Gasteiger partial charge >= 0.3 is 5.97 Å². The smallest absolute Gasteiger partial charge is 0.337 e. The van der Waals surface area contributed by atoms with Gasteiger partial charge in [-0.05, 0) is 36.4 Å². The predicted molar refractivity (Wildman–Crippen MR) is 112 cm³/mol. The first-order valence-electron chi connectivity index (χ1n) is 8.46. The third-order valence-corrected chi connectivity index (χ3v) is 4.58. The molecule has 1 amide bonds. The van der Waals surface area contributed by atoms with Crippen molar-refractivity contribution in [2.75, 3.05) is 5.32 Å². The first-order chi connectivity index (χ1) is 14.3. The predicted octanol–water partition coefficient (Wildman–Crippen LogP) is 3.32. The number of anilines is 1. The first kappa shape index (κ1) is 20.6. The summed E-state index contributed by atoms with van der Waals surface area (Å²) in [5.74, 6) is -2.58. The molecule has 4 N–H and O–H groups in total. The van der Waals surface area contributed by atoms with Crippen molar-refractivity contribution in [3.63, 3.8) is 0 Å². The molecule has 0 radical (unpaired) electrons. The van der Waals surface area contributed by atoms with Gasteiger partial charge in [-0.1, -0.05) is 6.07 Å². The number of carbonyl (C=O) groups is 2. The van der Waals surface area contributed by atoms with Crippen molar-refractivity contribution in [2.45, 2.75) is 4.90 Å². The van der Waals surface area contributed by atoms with E-state index in [1.807, 2.05) is 6.07 Å². The SMILES string of the molecule is N#Cc1ccc(NC(=O)C(=N)c2cc(S)c(-c3cccnc3)cc2O)c(C(=O)O)c1. The number of rotatable bonds is 5. The number of nitrogens with one attached hydrogen (secondary N) is 2. The molecule has 0 atom stereocenters. The summed E-state index contributed by atoms with van der Waals surface area (Å²) in [7, 11) is 0. The van der Waals surface area contributed by atoms with Gasteiger partial charge in [0.25, 0.3) is 5.91 Å². The van der Waals surface area contributed by atoms with Gasteiger partial charge in [-0.2, -0.15) is 5.26 Å². The van der Waals surface area contributed by atoms with Crippen molar-refractivity contribution in [3.8, 4) is 22.9 Å². The Morgan fingerprint density at radius 1 is 1.17 bits per heavy atom. The van der Waals surface area contributed by atoms with Gasteiger partial charge in [-0.3, -0.25) is 15.2 Å². The molecule has 3 aromatic rings. The fraction of sp³-hybridized carbons (Fsp3) is 0. The van der Waals surface area contributed by atoms with E-state index in [4.69, 9.17) is 10.7 Å². The molecule has 30 heavy (non-hydrogen) atoms. The summed E-state index contributed by atoms with van der Waals surface area (Å²) in [5, 5.41) is 39.1. The van der Waals surface area contributed by atoms with E-state index in [0.717, 1.165) is 6.07 Å². The number of aromatic nitrogens is 1. The second-order valence-corrected chi connectivity index (χ2v) is 6.62. The Kier molecular flexibility index (Phi) is 5.80. The summed E-state index contributed by atoms with van der Waals surface area (Å²) >= 11 is 4.38. The summed E-state index contributed by atoms with van der Waals surface area (Å²) in [6, 6.07) is 11.8. The largest absolute Gasteiger partial charge is 0.507 e. The molecule has 1 heterocycles. The fourth-order valence-electron chi connectivity index (χ4n) is 2.74. The number of phenolic OH excluding ortho intramolecular Hbond substituents is 1. The van der Waals surface area contributed by atoms with Gasteiger partial charge in [-0.25, -0.2) is 4.79 Å². The summed E-state index contributed by atoms with van der Waals surface area (Å²) < 4.78 is 0. The van der Waals surface area contributed by atoms with Gasteiger partial charge < -0.3 is 15.5 Å². The monoisotopic (exact) mass is 418 g/mol. The number of nitriles is 1. The summed E-state index contributed by atoms with van der Waals surface area (Å²) in [5.41, 5.74) is 0.362. The molecule has 1 aromatic heterocycles. The maximum absolute atomic E-state index is 12.5. The van der Waals surface area contributed by atoms with E-state index >= 15 is 0 Å². The highest BCUT2D eigenvalue weighted by atomic mass is 32.1. The Bertz CT molecular complexity index is 1220. The number of pyridine rings is 1. The highest BCUT2D eigenvalue weighted by Crippen LogP contribution is 2.33. The van der Waals surface area contributed by atoms with Crippen molar-refractivity contribution < 1.29 is 19.8 Å². The zero-order valence-electron chi connectivity index (χ0n) is 15.2. The normalized spacial score (nSPS) is 10.1. The second-order valence-electron chi connectivity index (χ2n) is 6.13. The lowest BCUT2D eigenvalue weighted by Gasteiger charge is -2.13. The molecule has 0 spiro atoms. The number of phenols is 1. The minimum Gasteiger partial charge on any atom is -0.507 e. The Balaban J connectivity index is 1.91. The van der Waals surface area contributed by atoms with Gasteiger partial charge in [0.1, 0.15) is 11.5 Å². The summed E-state index contributed by atoms with van der Waals surface area (Å²) in [6.07, 6.45) is 3.19. The number of aromatic hydroxyl groups is 1. The molecule has 0 aliphatic rings. The molecule has 3 rings (SSSR count). The van der Waals surface area contributed by atoms with Crippen LogP contribution in [0.2, 0.25) is 0 Å². The van der Waals surface area contributed by atoms with E-state index in [1.165, 1.54) is 24.3 Å². The fourth-order valence-corrected chi connectivity index (χ4v) is 3.06. The Morgan fingerprint density at radius 2 is 1.93 bits per heavy atom. The van der Waals surface area contributed by atoms with E-state index < -0.39 is 17.6 Å². The van der Waals surface area contributed by atoms with E-state index in [2.05, 4.69) is 22.9 Å². The number of carboxylic acids is 1. The third kappa shape index (κ3) is 4.14. The quantitative estimate of drug-likeness (QED) is 0.317. The molecule has 9 heteroatoms. The van der Waals surface area contributed by atoms with Crippen LogP contribution in [0.25, 0.3) is 11.1 Å². The van der Waals surface area contributed by atoms with Crippen molar-refractivity contribution in [1.29, 1.82) is 10.7 Å². The molecule has 0 unspecified atom stereocenters. The topological polar surface area (TPSA) is 147 Å². The first-order valence-corrected chi connectivity index (χ1v) is 8.90. The molecule has 148 valence electrons. The average molecular weight is 418 g/mol. The van der Waals surface area contributed by atoms with Gasteiger partial charge in [-0.15, -0.1) is 12.6 Å². The van der Waals surface area contributed by atoms with E-state index in [1.54, 1.807) is 24.5 Å². The summed E-state index contributed by atoms with van der Waals surface area (Å²) in [4.78, 5) is 28.4. The number of thiol groups is 1. The molecular weight excluding hydrogens is 404 g/mol. The highest BCUT2D eigenvalue weighted by Gasteiger charge is 2.21. The number of hydrogen-bond donors (Lipinski definition) is 5. The molecular formula is C21H14N4O4S. The molecule has 2 aromatic carbocycles. The zero-order valence-corrected chi connectivity index (χ0v) is 16.1. The third-order valence-electron chi connectivity index (χ3n) is 4.21. The molecule has 0 fully saturated rings. The number of carbonyl (C=O) groups excluding carboxylic acids is 1. The van der Waals surface area contributed by atoms with E-state index in [-0.39, 0.29) is 28.1 Å². The lowest BCUT2D eigenvalue weighted by Crippen LogP contribution is -2.24. The minimum atomic E-state index is -1.34. The van der Waals surface area contributed by atoms with Crippen LogP contribution in [-0.4, -0.2) is 32.8 Å². The van der Waals surface area contributed by atoms with Crippen LogP contribution in [0, 0.1) is 16.7 Å². The van der Waals surface area contributed by atoms with Crippen LogP contribution in [0.4, 0.5) is 5.69 Å². The molecule has 0 aliphatic heterocycles. The van der Waals surface area contributed by atoms with E-state index in [0.29, 0.717) is 16.0 Å². The van der Waals surface area contributed by atoms with Crippen LogP contribution in [-0.2, 0) is 4.79 Å². The minimum absolute atomic E-state index is 0.0735. The highest BCUT2D eigenvalue weighted by molar-refractivity contribution is 7.80. The van der Waals surface area contributed by atoms with Gasteiger partial charge in [0.15, 0.2) is 0 Å². The molecule has 0 bridgehead atoms. The van der Waals surface area contributed by atoms with Crippen LogP contribution in [0.3, 0.4) is 0 Å². The number of aromatic carboxylic acids is 1. The molecule has 0 saturated carbocycles. The van der Waals surface area contributed by atoms with Crippen LogP contribution in [0.1, 0.15) is 21.5 Å². The van der Waals surface area contributed by atoms with Gasteiger partial charge in [0.05, 0.1) is 22.9 Å². The molecule has 0 saturated heterocycles. The Morgan fingerprint density at radius 3 is 2.57 bits per heavy atom. The number of hydrogen-bond acceptors (Lipinski definition) is 7. The molecule has 8 nitrogen and oxygen atoms in total. The number of carboxylic acid groups (broad SMARTS) is 1. The lowest BCUT2D eigenvalue weighted by molar-refractivity contribution is -0.110. The van der Waals surface area contributed by atoms with Crippen molar-refractivity contribution in [3.05, 3.63) is 71.5 Å². The average Bonchev–Trinajstić information content (AvgIpc) is 2.75. The van der Waals surface area contributed by atoms with E-state index in [9.17, 15) is 19.8 Å². The van der Waals surface area contributed by atoms with Crippen LogP contribution < -0.4 is 5.32 Å². The number of benzene rings is 2. The summed E-state index contributed by atoms with van der Waals surface area (Å²) in [6.45, 7) is 0. The Labute approximate surface area is 176 Å². The zero-order chi connectivity index (χ0) is 21.8. The van der Waals surface area contributed by atoms with Crippen molar-refractivity contribution in [1.82, 2.24) is 4.98 Å². The van der Waals surface area contributed by atoms with Crippen molar-refractivity contribution in [2.24, 2.45) is 0 Å². The Hall–Kier alpha value is -4.16. The lowest BCUT2D eigenvalue weighted by atomic mass is 10.0. The second kappa shape index (κ2) is 8.46. The van der Waals surface area contributed by atoms with Gasteiger partial charge in [0, 0.05) is 34.0 Å². The van der Waals surface area contributed by atoms with Gasteiger partial charge in [0.2, 0.25) is 0 Å². The van der Waals surface area contributed by atoms with Crippen LogP contribution >= 0.6 is 12.6 Å². The maximum atomic E-state index is 12.5. The van der Waals surface area contributed by atoms with Crippen molar-refractivity contribution >= 4 is 35.9 Å². The number of amides is 1. The standard InChI is InChI=1S/C21H14N4O4S/c22-9-11-3-4-16(14(6-11)21(28)29)25-20(27)19(23)15-8-18(30)13(7-17(15)26)12-2-1-5-24-10-12/h1-8,10,23,26,30H,(H,25,27)(H,28,29). The number of nitrogens with zero attached hydrogens (tertiary/aromatic N) is 2. The van der Waals surface area contributed by atoms with Crippen LogP contribution in [0.15, 0.2) is 59.8 Å². The molecule has 0 aliphatic carbocycles. The maximum Gasteiger partial charge on any atom is 0.337 e.